The molecular weight excluding hydrogens is 254 g/mol. The van der Waals surface area contributed by atoms with Gasteiger partial charge in [-0.1, -0.05) is 24.1 Å². The molecule has 0 fully saturated rings. The van der Waals surface area contributed by atoms with Gasteiger partial charge in [-0.3, -0.25) is 0 Å². The molecule has 2 aromatic rings. The highest BCUT2D eigenvalue weighted by atomic mass is 16.5. The molecule has 0 unspecified atom stereocenters. The van der Waals surface area contributed by atoms with Gasteiger partial charge in [0.1, 0.15) is 11.5 Å². The van der Waals surface area contributed by atoms with Crippen molar-refractivity contribution in [1.82, 2.24) is 5.32 Å². The SMILES string of the molecule is C#Cc1cccc(Oc2cccc(CNC(=O)O)c2)c1. The lowest BCUT2D eigenvalue weighted by atomic mass is 10.2. The van der Waals surface area contributed by atoms with Gasteiger partial charge in [-0.05, 0) is 35.9 Å². The molecule has 2 rings (SSSR count). The monoisotopic (exact) mass is 267 g/mol. The van der Waals surface area contributed by atoms with Gasteiger partial charge in [0.2, 0.25) is 0 Å². The van der Waals surface area contributed by atoms with E-state index in [1.807, 2.05) is 24.3 Å². The number of carbonyl (C=O) groups is 1. The predicted molar refractivity (Wildman–Crippen MR) is 75.8 cm³/mol. The maximum absolute atomic E-state index is 10.5. The van der Waals surface area contributed by atoms with Crippen LogP contribution in [-0.2, 0) is 6.54 Å². The second-order valence-corrected chi connectivity index (χ2v) is 4.08. The average molecular weight is 267 g/mol. The molecule has 0 heterocycles. The number of carboxylic acid groups (broad SMARTS) is 1. The average Bonchev–Trinajstić information content (AvgIpc) is 2.46. The molecule has 0 saturated heterocycles. The minimum Gasteiger partial charge on any atom is -0.465 e. The first-order chi connectivity index (χ1) is 9.67. The van der Waals surface area contributed by atoms with E-state index in [0.29, 0.717) is 11.5 Å². The van der Waals surface area contributed by atoms with Crippen molar-refractivity contribution >= 4 is 6.09 Å². The lowest BCUT2D eigenvalue weighted by molar-refractivity contribution is 0.194. The first-order valence-electron chi connectivity index (χ1n) is 5.97. The molecule has 2 aromatic carbocycles. The Bertz CT molecular complexity index is 659. The molecule has 0 aliphatic heterocycles. The van der Waals surface area contributed by atoms with Crippen molar-refractivity contribution in [1.29, 1.82) is 0 Å². The molecular formula is C16H13NO3. The summed E-state index contributed by atoms with van der Waals surface area (Å²) in [6.45, 7) is 0.233. The molecule has 4 nitrogen and oxygen atoms in total. The lowest BCUT2D eigenvalue weighted by Gasteiger charge is -2.08. The van der Waals surface area contributed by atoms with E-state index in [2.05, 4.69) is 11.2 Å². The lowest BCUT2D eigenvalue weighted by Crippen LogP contribution is -2.19. The van der Waals surface area contributed by atoms with Crippen LogP contribution in [0.5, 0.6) is 11.5 Å². The Hall–Kier alpha value is -2.93. The number of nitrogens with one attached hydrogen (secondary N) is 1. The molecule has 4 heteroatoms. The van der Waals surface area contributed by atoms with Crippen molar-refractivity contribution in [2.75, 3.05) is 0 Å². The van der Waals surface area contributed by atoms with Crippen LogP contribution in [0.2, 0.25) is 0 Å². The summed E-state index contributed by atoms with van der Waals surface area (Å²) >= 11 is 0. The van der Waals surface area contributed by atoms with Crippen LogP contribution in [0.15, 0.2) is 48.5 Å². The second kappa shape index (κ2) is 6.30. The molecule has 2 N–H and O–H groups in total. The molecule has 0 spiro atoms. The van der Waals surface area contributed by atoms with E-state index in [4.69, 9.17) is 16.3 Å². The second-order valence-electron chi connectivity index (χ2n) is 4.08. The molecule has 0 atom stereocenters. The van der Waals surface area contributed by atoms with Crippen LogP contribution >= 0.6 is 0 Å². The van der Waals surface area contributed by atoms with Crippen LogP contribution in [0, 0.1) is 12.3 Å². The zero-order valence-electron chi connectivity index (χ0n) is 10.7. The minimum absolute atomic E-state index is 0.233. The highest BCUT2D eigenvalue weighted by Crippen LogP contribution is 2.22. The first-order valence-corrected chi connectivity index (χ1v) is 5.97. The summed E-state index contributed by atoms with van der Waals surface area (Å²) in [6.07, 6.45) is 4.28. The number of ether oxygens (including phenoxy) is 1. The van der Waals surface area contributed by atoms with Crippen LogP contribution in [0.3, 0.4) is 0 Å². The van der Waals surface area contributed by atoms with E-state index in [-0.39, 0.29) is 6.54 Å². The number of hydrogen-bond acceptors (Lipinski definition) is 2. The molecule has 20 heavy (non-hydrogen) atoms. The van der Waals surface area contributed by atoms with Crippen molar-refractivity contribution < 1.29 is 14.6 Å². The topological polar surface area (TPSA) is 58.6 Å². The van der Waals surface area contributed by atoms with Crippen molar-refractivity contribution in [3.8, 4) is 23.8 Å². The third-order valence-corrected chi connectivity index (χ3v) is 2.58. The summed E-state index contributed by atoms with van der Waals surface area (Å²) in [4.78, 5) is 10.5. The van der Waals surface area contributed by atoms with E-state index in [9.17, 15) is 4.79 Å². The van der Waals surface area contributed by atoms with Gasteiger partial charge >= 0.3 is 6.09 Å². The Kier molecular flexibility index (Phi) is 4.25. The van der Waals surface area contributed by atoms with E-state index in [0.717, 1.165) is 11.1 Å². The van der Waals surface area contributed by atoms with Crippen LogP contribution in [-0.4, -0.2) is 11.2 Å². The summed E-state index contributed by atoms with van der Waals surface area (Å²) in [7, 11) is 0. The largest absolute Gasteiger partial charge is 0.465 e. The Morgan fingerprint density at radius 1 is 1.20 bits per heavy atom. The van der Waals surface area contributed by atoms with Gasteiger partial charge in [0, 0.05) is 12.1 Å². The minimum atomic E-state index is -1.06. The molecule has 0 radical (unpaired) electrons. The highest BCUT2D eigenvalue weighted by molar-refractivity contribution is 5.64. The molecule has 0 aliphatic rings. The van der Waals surface area contributed by atoms with E-state index < -0.39 is 6.09 Å². The van der Waals surface area contributed by atoms with E-state index in [1.165, 1.54) is 0 Å². The first kappa shape index (κ1) is 13.5. The van der Waals surface area contributed by atoms with Crippen molar-refractivity contribution in [3.05, 3.63) is 59.7 Å². The van der Waals surface area contributed by atoms with Crippen molar-refractivity contribution in [2.45, 2.75) is 6.54 Å². The normalized spacial score (nSPS) is 9.55. The zero-order chi connectivity index (χ0) is 14.4. The van der Waals surface area contributed by atoms with Gasteiger partial charge < -0.3 is 15.2 Å². The predicted octanol–water partition coefficient (Wildman–Crippen LogP) is 3.23. The summed E-state index contributed by atoms with van der Waals surface area (Å²) in [5.41, 5.74) is 1.56. The van der Waals surface area contributed by atoms with Gasteiger partial charge in [0.15, 0.2) is 0 Å². The number of rotatable bonds is 4. The molecule has 100 valence electrons. The third-order valence-electron chi connectivity index (χ3n) is 2.58. The zero-order valence-corrected chi connectivity index (χ0v) is 10.7. The molecule has 0 bridgehead atoms. The fourth-order valence-electron chi connectivity index (χ4n) is 1.68. The Labute approximate surface area is 117 Å². The van der Waals surface area contributed by atoms with Gasteiger partial charge in [-0.2, -0.15) is 0 Å². The van der Waals surface area contributed by atoms with Crippen LogP contribution < -0.4 is 10.1 Å². The van der Waals surface area contributed by atoms with E-state index >= 15 is 0 Å². The van der Waals surface area contributed by atoms with Gasteiger partial charge in [0.05, 0.1) is 0 Å². The fraction of sp³-hybridized carbons (Fsp3) is 0.0625. The molecule has 0 aliphatic carbocycles. The number of terminal acetylenes is 1. The third kappa shape index (κ3) is 3.79. The van der Waals surface area contributed by atoms with Crippen LogP contribution in [0.4, 0.5) is 4.79 Å². The van der Waals surface area contributed by atoms with Gasteiger partial charge in [0.25, 0.3) is 0 Å². The number of hydrogen-bond donors (Lipinski definition) is 2. The van der Waals surface area contributed by atoms with Crippen molar-refractivity contribution in [2.24, 2.45) is 0 Å². The maximum atomic E-state index is 10.5. The quantitative estimate of drug-likeness (QED) is 0.836. The summed E-state index contributed by atoms with van der Waals surface area (Å²) in [5, 5.41) is 10.9. The Morgan fingerprint density at radius 2 is 1.90 bits per heavy atom. The molecule has 0 aromatic heterocycles. The van der Waals surface area contributed by atoms with Crippen LogP contribution in [0.1, 0.15) is 11.1 Å². The van der Waals surface area contributed by atoms with Crippen LogP contribution in [0.25, 0.3) is 0 Å². The fourth-order valence-corrected chi connectivity index (χ4v) is 1.68. The number of amides is 1. The summed E-state index contributed by atoms with van der Waals surface area (Å²) < 4.78 is 5.70. The number of benzene rings is 2. The molecule has 0 saturated carbocycles. The Morgan fingerprint density at radius 3 is 2.60 bits per heavy atom. The summed E-state index contributed by atoms with van der Waals surface area (Å²) in [6, 6.07) is 14.4. The Balaban J connectivity index is 2.11. The standard InChI is InChI=1S/C16H13NO3/c1-2-12-5-3-7-14(9-12)20-15-8-4-6-13(10-15)11-17-16(18)19/h1,3-10,17H,11H2,(H,18,19). The summed E-state index contributed by atoms with van der Waals surface area (Å²) in [5.74, 6) is 3.81. The van der Waals surface area contributed by atoms with Gasteiger partial charge in [-0.15, -0.1) is 6.42 Å². The van der Waals surface area contributed by atoms with Gasteiger partial charge in [-0.25, -0.2) is 4.79 Å². The highest BCUT2D eigenvalue weighted by Gasteiger charge is 2.01. The maximum Gasteiger partial charge on any atom is 0.404 e. The smallest absolute Gasteiger partial charge is 0.404 e. The van der Waals surface area contributed by atoms with Crippen molar-refractivity contribution in [3.63, 3.8) is 0 Å². The molecule has 1 amide bonds. The van der Waals surface area contributed by atoms with E-state index in [1.54, 1.807) is 24.3 Å².